The third-order valence-electron chi connectivity index (χ3n) is 4.88. The monoisotopic (exact) mass is 497 g/mol. The van der Waals surface area contributed by atoms with Crippen molar-refractivity contribution in [3.05, 3.63) is 95.8 Å². The zero-order valence-corrected chi connectivity index (χ0v) is 19.0. The molecule has 0 unspecified atom stereocenters. The Hall–Kier alpha value is -4.12. The molecule has 0 spiro atoms. The Morgan fingerprint density at radius 2 is 1.34 bits per heavy atom. The summed E-state index contributed by atoms with van der Waals surface area (Å²) in [5.74, 6) is -2.09. The van der Waals surface area contributed by atoms with Crippen LogP contribution in [-0.4, -0.2) is 31.8 Å². The second-order valence-corrected chi connectivity index (χ2v) is 8.64. The van der Waals surface area contributed by atoms with Crippen molar-refractivity contribution >= 4 is 23.6 Å². The molecular weight excluding hydrogens is 479 g/mol. The number of hydrogen-bond acceptors (Lipinski definition) is 5. The number of thioether (sulfide) groups is 1. The molecule has 2 N–H and O–H groups in total. The van der Waals surface area contributed by atoms with E-state index in [0.717, 1.165) is 23.9 Å². The van der Waals surface area contributed by atoms with Gasteiger partial charge in [0.2, 0.25) is 0 Å². The lowest BCUT2D eigenvalue weighted by Gasteiger charge is -2.14. The summed E-state index contributed by atoms with van der Waals surface area (Å²) < 4.78 is 41.6. The number of nitrogens with zero attached hydrogens (tertiary/aromatic N) is 3. The van der Waals surface area contributed by atoms with Crippen molar-refractivity contribution < 1.29 is 22.8 Å². The molecule has 35 heavy (non-hydrogen) atoms. The molecule has 3 aromatic carbocycles. The number of benzene rings is 3. The van der Waals surface area contributed by atoms with Crippen LogP contribution in [0.4, 0.5) is 13.2 Å². The van der Waals surface area contributed by atoms with Crippen LogP contribution < -0.4 is 10.9 Å². The molecule has 7 nitrogen and oxygen atoms in total. The van der Waals surface area contributed by atoms with Crippen molar-refractivity contribution in [3.63, 3.8) is 0 Å². The molecule has 2 amide bonds. The van der Waals surface area contributed by atoms with Crippen LogP contribution in [0.25, 0.3) is 17.1 Å². The molecule has 0 aliphatic carbocycles. The molecule has 1 heterocycles. The summed E-state index contributed by atoms with van der Waals surface area (Å²) in [6, 6.07) is 16.1. The third-order valence-corrected chi connectivity index (χ3v) is 5.92. The van der Waals surface area contributed by atoms with Crippen molar-refractivity contribution in [2.24, 2.45) is 0 Å². The fourth-order valence-electron chi connectivity index (χ4n) is 3.06. The molecule has 0 radical (unpaired) electrons. The molecule has 0 fully saturated rings. The second-order valence-electron chi connectivity index (χ2n) is 7.34. The summed E-state index contributed by atoms with van der Waals surface area (Å²) in [4.78, 5) is 24.7. The Kier molecular flexibility index (Phi) is 7.16. The van der Waals surface area contributed by atoms with Crippen molar-refractivity contribution in [1.82, 2.24) is 25.6 Å². The van der Waals surface area contributed by atoms with Gasteiger partial charge in [0.05, 0.1) is 5.25 Å². The predicted octanol–water partition coefficient (Wildman–Crippen LogP) is 4.29. The highest BCUT2D eigenvalue weighted by Crippen LogP contribution is 2.30. The minimum atomic E-state index is -0.729. The topological polar surface area (TPSA) is 88.9 Å². The van der Waals surface area contributed by atoms with Gasteiger partial charge in [0.1, 0.15) is 17.5 Å². The maximum Gasteiger partial charge on any atom is 0.269 e. The van der Waals surface area contributed by atoms with E-state index in [1.54, 1.807) is 11.5 Å². The molecule has 178 valence electrons. The summed E-state index contributed by atoms with van der Waals surface area (Å²) >= 11 is 1.05. The molecule has 1 atom stereocenters. The van der Waals surface area contributed by atoms with E-state index in [9.17, 15) is 22.8 Å². The average molecular weight is 498 g/mol. The zero-order valence-electron chi connectivity index (χ0n) is 18.2. The molecule has 1 aromatic heterocycles. The standard InChI is InChI=1S/C24H18F3N5O2S/c1-14(22(33)29-30-23(34)16-4-8-18(26)9-5-16)35-24-31-28-21(15-2-6-17(25)7-3-15)32(24)20-12-10-19(27)11-13-20/h2-14H,1H3,(H,29,33)(H,30,34)/t14-/m1/s1. The number of carbonyl (C=O) groups is 2. The summed E-state index contributed by atoms with van der Waals surface area (Å²) in [6.45, 7) is 1.60. The van der Waals surface area contributed by atoms with Gasteiger partial charge in [-0.05, 0) is 79.7 Å². The number of nitrogens with one attached hydrogen (secondary N) is 2. The van der Waals surface area contributed by atoms with E-state index in [0.29, 0.717) is 22.2 Å². The maximum atomic E-state index is 13.5. The Balaban J connectivity index is 1.53. The van der Waals surface area contributed by atoms with Crippen LogP contribution >= 0.6 is 11.8 Å². The fraction of sp³-hybridized carbons (Fsp3) is 0.0833. The van der Waals surface area contributed by atoms with Gasteiger partial charge >= 0.3 is 0 Å². The minimum Gasteiger partial charge on any atom is -0.272 e. The van der Waals surface area contributed by atoms with Crippen molar-refractivity contribution in [1.29, 1.82) is 0 Å². The molecule has 0 bridgehead atoms. The summed E-state index contributed by atoms with van der Waals surface area (Å²) in [5, 5.41) is 7.96. The van der Waals surface area contributed by atoms with Gasteiger partial charge in [-0.1, -0.05) is 11.8 Å². The minimum absolute atomic E-state index is 0.173. The highest BCUT2D eigenvalue weighted by atomic mass is 32.2. The third kappa shape index (κ3) is 5.69. The predicted molar refractivity (Wildman–Crippen MR) is 124 cm³/mol. The number of halogens is 3. The van der Waals surface area contributed by atoms with Gasteiger partial charge in [0.15, 0.2) is 11.0 Å². The smallest absolute Gasteiger partial charge is 0.269 e. The summed E-state index contributed by atoms with van der Waals surface area (Å²) in [7, 11) is 0. The van der Waals surface area contributed by atoms with Gasteiger partial charge in [-0.2, -0.15) is 0 Å². The summed E-state index contributed by atoms with van der Waals surface area (Å²) in [6.07, 6.45) is 0. The van der Waals surface area contributed by atoms with Gasteiger partial charge in [0, 0.05) is 16.8 Å². The van der Waals surface area contributed by atoms with Crippen molar-refractivity contribution in [2.45, 2.75) is 17.3 Å². The van der Waals surface area contributed by atoms with E-state index >= 15 is 0 Å². The first kappa shape index (κ1) is 24.0. The first-order chi connectivity index (χ1) is 16.8. The number of rotatable bonds is 6. The Morgan fingerprint density at radius 3 is 1.94 bits per heavy atom. The second kappa shape index (κ2) is 10.4. The van der Waals surface area contributed by atoms with E-state index in [-0.39, 0.29) is 5.56 Å². The lowest BCUT2D eigenvalue weighted by molar-refractivity contribution is -0.121. The van der Waals surface area contributed by atoms with E-state index in [1.165, 1.54) is 60.7 Å². The quantitative estimate of drug-likeness (QED) is 0.307. The molecule has 0 aliphatic heterocycles. The first-order valence-electron chi connectivity index (χ1n) is 10.3. The fourth-order valence-corrected chi connectivity index (χ4v) is 3.93. The molecule has 4 rings (SSSR count). The normalized spacial score (nSPS) is 11.7. The van der Waals surface area contributed by atoms with Crippen LogP contribution in [0.15, 0.2) is 78.0 Å². The number of hydrogen-bond donors (Lipinski definition) is 2. The lowest BCUT2D eigenvalue weighted by atomic mass is 10.2. The molecule has 0 saturated heterocycles. The Bertz CT molecular complexity index is 1340. The van der Waals surface area contributed by atoms with E-state index in [1.807, 2.05) is 0 Å². The van der Waals surface area contributed by atoms with Gasteiger partial charge in [0.25, 0.3) is 11.8 Å². The highest BCUT2D eigenvalue weighted by molar-refractivity contribution is 8.00. The molecule has 4 aromatic rings. The van der Waals surface area contributed by atoms with Crippen LogP contribution in [0.1, 0.15) is 17.3 Å². The first-order valence-corrected chi connectivity index (χ1v) is 11.2. The van der Waals surface area contributed by atoms with Crippen molar-refractivity contribution in [3.8, 4) is 17.1 Å². The molecule has 0 aliphatic rings. The molecule has 11 heteroatoms. The Morgan fingerprint density at radius 1 is 0.800 bits per heavy atom. The largest absolute Gasteiger partial charge is 0.272 e. The van der Waals surface area contributed by atoms with Crippen LogP contribution in [0.3, 0.4) is 0 Å². The van der Waals surface area contributed by atoms with E-state index < -0.39 is 34.5 Å². The van der Waals surface area contributed by atoms with Gasteiger partial charge in [-0.25, -0.2) is 13.2 Å². The highest BCUT2D eigenvalue weighted by Gasteiger charge is 2.22. The number of amides is 2. The van der Waals surface area contributed by atoms with Crippen molar-refractivity contribution in [2.75, 3.05) is 0 Å². The van der Waals surface area contributed by atoms with Crippen LogP contribution in [0.5, 0.6) is 0 Å². The molecule has 0 saturated carbocycles. The number of carbonyl (C=O) groups excluding carboxylic acids is 2. The zero-order chi connectivity index (χ0) is 24.9. The van der Waals surface area contributed by atoms with Crippen LogP contribution in [0.2, 0.25) is 0 Å². The van der Waals surface area contributed by atoms with E-state index in [4.69, 9.17) is 0 Å². The maximum absolute atomic E-state index is 13.5. The van der Waals surface area contributed by atoms with Gasteiger partial charge < -0.3 is 0 Å². The number of aromatic nitrogens is 3. The lowest BCUT2D eigenvalue weighted by Crippen LogP contribution is -2.45. The van der Waals surface area contributed by atoms with E-state index in [2.05, 4.69) is 21.0 Å². The SMILES string of the molecule is C[C@@H](Sc1nnc(-c2ccc(F)cc2)n1-c1ccc(F)cc1)C(=O)NNC(=O)c1ccc(F)cc1. The van der Waals surface area contributed by atoms with Gasteiger partial charge in [-0.15, -0.1) is 10.2 Å². The number of hydrazine groups is 1. The summed E-state index contributed by atoms with van der Waals surface area (Å²) in [5.41, 5.74) is 5.88. The Labute approximate surface area is 202 Å². The molecular formula is C24H18F3N5O2S. The van der Waals surface area contributed by atoms with Gasteiger partial charge in [-0.3, -0.25) is 25.0 Å². The van der Waals surface area contributed by atoms with Crippen LogP contribution in [0, 0.1) is 17.5 Å². The van der Waals surface area contributed by atoms with Crippen LogP contribution in [-0.2, 0) is 4.79 Å². The average Bonchev–Trinajstić information content (AvgIpc) is 3.27.